The highest BCUT2D eigenvalue weighted by molar-refractivity contribution is 7.92. The Bertz CT molecular complexity index is 1430. The molecule has 1 N–H and O–H groups in total. The Kier molecular flexibility index (Phi) is 4.85. The van der Waals surface area contributed by atoms with Gasteiger partial charge in [0.2, 0.25) is 11.9 Å². The molecule has 2 aliphatic heterocycles. The van der Waals surface area contributed by atoms with Gasteiger partial charge in [-0.2, -0.15) is 4.98 Å². The molecule has 0 unspecified atom stereocenters. The normalized spacial score (nSPS) is 25.0. The molecule has 0 radical (unpaired) electrons. The van der Waals surface area contributed by atoms with Crippen molar-refractivity contribution in [3.63, 3.8) is 0 Å². The Morgan fingerprint density at radius 1 is 1.17 bits per heavy atom. The lowest BCUT2D eigenvalue weighted by atomic mass is 9.90. The molecule has 11 heteroatoms. The molecule has 3 aliphatic rings. The molecule has 10 nitrogen and oxygen atoms in total. The van der Waals surface area contributed by atoms with Crippen molar-refractivity contribution in [2.24, 2.45) is 0 Å². The average Bonchev–Trinajstić information content (AvgIpc) is 3.58. The number of fused-ring (bicyclic) bond motifs is 4. The predicted molar refractivity (Wildman–Crippen MR) is 133 cm³/mol. The first-order valence-electron chi connectivity index (χ1n) is 12.0. The third kappa shape index (κ3) is 3.10. The lowest BCUT2D eigenvalue weighted by Gasteiger charge is -2.53. The molecule has 3 aromatic rings. The van der Waals surface area contributed by atoms with E-state index in [4.69, 9.17) is 24.4 Å². The minimum atomic E-state index is -3.44. The summed E-state index contributed by atoms with van der Waals surface area (Å²) < 4.78 is 39.1. The fraction of sp³-hybridized carbons (Fsp3) is 0.542. The number of para-hydroxylation sites is 2. The minimum Gasteiger partial charge on any atom is -0.485 e. The van der Waals surface area contributed by atoms with Crippen molar-refractivity contribution in [1.29, 1.82) is 0 Å². The number of aromatic nitrogens is 4. The zero-order valence-corrected chi connectivity index (χ0v) is 21.2. The number of morpholine rings is 1. The number of imidazole rings is 1. The third-order valence-corrected chi connectivity index (χ3v) is 9.74. The highest BCUT2D eigenvalue weighted by Crippen LogP contribution is 2.57. The summed E-state index contributed by atoms with van der Waals surface area (Å²) in [6.45, 7) is 5.70. The highest BCUT2D eigenvalue weighted by Gasteiger charge is 2.59. The number of nitrogens with one attached hydrogen (secondary N) is 1. The van der Waals surface area contributed by atoms with E-state index in [0.717, 1.165) is 17.5 Å². The molecule has 0 spiro atoms. The van der Waals surface area contributed by atoms with E-state index >= 15 is 0 Å². The second kappa shape index (κ2) is 7.54. The van der Waals surface area contributed by atoms with Gasteiger partial charge in [0, 0.05) is 13.3 Å². The third-order valence-electron chi connectivity index (χ3n) is 7.72. The van der Waals surface area contributed by atoms with Crippen molar-refractivity contribution in [3.8, 4) is 11.7 Å². The Hall–Kier alpha value is -2.92. The van der Waals surface area contributed by atoms with Gasteiger partial charge in [0.15, 0.2) is 21.4 Å². The monoisotopic (exact) mass is 498 g/mol. The smallest absolute Gasteiger partial charge is 0.239 e. The molecule has 0 bridgehead atoms. The maximum Gasteiger partial charge on any atom is 0.239 e. The van der Waals surface area contributed by atoms with Crippen LogP contribution >= 0.6 is 0 Å². The first-order valence-corrected chi connectivity index (χ1v) is 13.9. The molecule has 1 aliphatic carbocycles. The van der Waals surface area contributed by atoms with Crippen LogP contribution in [0.2, 0.25) is 0 Å². The van der Waals surface area contributed by atoms with E-state index in [2.05, 4.69) is 24.1 Å². The van der Waals surface area contributed by atoms with Crippen LogP contribution < -0.4 is 15.0 Å². The SMILES string of the molecule is CC[C@@]12COC[C@@H](C)N1c1nc(-n3c(NC)nc4ccccc43)nc(C3(S(C)(=O)=O)CC3)c1OC2. The number of nitrogens with zero attached hydrogens (tertiary/aromatic N) is 5. The van der Waals surface area contributed by atoms with Crippen molar-refractivity contribution in [3.05, 3.63) is 30.0 Å². The Balaban J connectivity index is 1.67. The van der Waals surface area contributed by atoms with Gasteiger partial charge in [-0.25, -0.2) is 23.0 Å². The second-order valence-electron chi connectivity index (χ2n) is 9.90. The number of ether oxygens (including phenoxy) is 2. The van der Waals surface area contributed by atoms with E-state index in [9.17, 15) is 8.42 Å². The van der Waals surface area contributed by atoms with Gasteiger partial charge in [-0.1, -0.05) is 19.1 Å². The summed E-state index contributed by atoms with van der Waals surface area (Å²) in [5, 5.41) is 3.14. The van der Waals surface area contributed by atoms with Gasteiger partial charge in [0.25, 0.3) is 0 Å². The van der Waals surface area contributed by atoms with E-state index in [1.807, 2.05) is 28.8 Å². The molecule has 0 amide bonds. The zero-order chi connectivity index (χ0) is 24.6. The average molecular weight is 499 g/mol. The number of anilines is 2. The van der Waals surface area contributed by atoms with E-state index in [1.165, 1.54) is 6.26 Å². The van der Waals surface area contributed by atoms with Gasteiger partial charge in [0.05, 0.1) is 35.8 Å². The molecule has 1 saturated carbocycles. The summed E-state index contributed by atoms with van der Waals surface area (Å²) >= 11 is 0. The van der Waals surface area contributed by atoms with Crippen LogP contribution in [0.5, 0.6) is 5.75 Å². The molecule has 2 aromatic heterocycles. The molecule has 1 saturated heterocycles. The van der Waals surface area contributed by atoms with E-state index in [-0.39, 0.29) is 11.6 Å². The summed E-state index contributed by atoms with van der Waals surface area (Å²) in [4.78, 5) is 16.9. The van der Waals surface area contributed by atoms with Crippen LogP contribution in [-0.2, 0) is 19.3 Å². The molecule has 186 valence electrons. The lowest BCUT2D eigenvalue weighted by molar-refractivity contribution is -0.00257. The van der Waals surface area contributed by atoms with Gasteiger partial charge >= 0.3 is 0 Å². The standard InChI is InChI=1S/C24H30N6O4S/c1-5-23-13-33-12-15(2)30(23)20-18(34-14-23)19(24(10-11-24)35(4,31)32)27-22(28-20)29-17-9-7-6-8-16(17)26-21(29)25-3/h6-9,15H,5,10-14H2,1-4H3,(H,25,26)/t15-,23+/m1/s1. The number of benzene rings is 1. The van der Waals surface area contributed by atoms with E-state index in [1.54, 1.807) is 7.05 Å². The molecule has 2 fully saturated rings. The van der Waals surface area contributed by atoms with Crippen molar-refractivity contribution >= 4 is 32.6 Å². The molecule has 2 atom stereocenters. The van der Waals surface area contributed by atoms with E-state index < -0.39 is 14.6 Å². The van der Waals surface area contributed by atoms with Crippen molar-refractivity contribution < 1.29 is 17.9 Å². The predicted octanol–water partition coefficient (Wildman–Crippen LogP) is 2.66. The summed E-state index contributed by atoms with van der Waals surface area (Å²) in [5.41, 5.74) is 1.70. The zero-order valence-electron chi connectivity index (χ0n) is 20.4. The van der Waals surface area contributed by atoms with Crippen LogP contribution in [0.1, 0.15) is 38.8 Å². The number of hydrogen-bond acceptors (Lipinski definition) is 9. The molecule has 4 heterocycles. The Morgan fingerprint density at radius 2 is 1.94 bits per heavy atom. The molecular weight excluding hydrogens is 468 g/mol. The molecular formula is C24H30N6O4S. The number of sulfone groups is 1. The lowest BCUT2D eigenvalue weighted by Crippen LogP contribution is -2.65. The van der Waals surface area contributed by atoms with Crippen LogP contribution in [0, 0.1) is 0 Å². The van der Waals surface area contributed by atoms with Gasteiger partial charge in [-0.3, -0.25) is 0 Å². The first kappa shape index (κ1) is 22.5. The fourth-order valence-corrected chi connectivity index (χ4v) is 6.91. The summed E-state index contributed by atoms with van der Waals surface area (Å²) in [5.74, 6) is 2.06. The maximum absolute atomic E-state index is 13.0. The van der Waals surface area contributed by atoms with E-state index in [0.29, 0.717) is 61.8 Å². The number of rotatable bonds is 5. The quantitative estimate of drug-likeness (QED) is 0.567. The maximum atomic E-state index is 13.0. The highest BCUT2D eigenvalue weighted by atomic mass is 32.2. The summed E-state index contributed by atoms with van der Waals surface area (Å²) in [6, 6.07) is 7.80. The topological polar surface area (TPSA) is 111 Å². The molecule has 35 heavy (non-hydrogen) atoms. The minimum absolute atomic E-state index is 0.0404. The van der Waals surface area contributed by atoms with Crippen LogP contribution in [0.25, 0.3) is 17.0 Å². The summed E-state index contributed by atoms with van der Waals surface area (Å²) in [6.07, 6.45) is 3.12. The van der Waals surface area contributed by atoms with Crippen molar-refractivity contribution in [2.45, 2.75) is 49.4 Å². The van der Waals surface area contributed by atoms with Crippen LogP contribution in [-0.4, -0.2) is 72.6 Å². The van der Waals surface area contributed by atoms with Gasteiger partial charge in [-0.15, -0.1) is 0 Å². The van der Waals surface area contributed by atoms with Crippen LogP contribution in [0.4, 0.5) is 11.8 Å². The first-order chi connectivity index (χ1) is 16.7. The Morgan fingerprint density at radius 3 is 2.63 bits per heavy atom. The Labute approximate surface area is 204 Å². The van der Waals surface area contributed by atoms with Crippen LogP contribution in [0.3, 0.4) is 0 Å². The second-order valence-corrected chi connectivity index (χ2v) is 12.2. The largest absolute Gasteiger partial charge is 0.485 e. The fourth-order valence-electron chi connectivity index (χ4n) is 5.58. The summed E-state index contributed by atoms with van der Waals surface area (Å²) in [7, 11) is -1.64. The number of hydrogen-bond donors (Lipinski definition) is 1. The van der Waals surface area contributed by atoms with Gasteiger partial charge < -0.3 is 19.7 Å². The van der Waals surface area contributed by atoms with Crippen molar-refractivity contribution in [1.82, 2.24) is 19.5 Å². The molecule has 6 rings (SSSR count). The van der Waals surface area contributed by atoms with Gasteiger partial charge in [-0.05, 0) is 38.3 Å². The molecule has 1 aromatic carbocycles. The van der Waals surface area contributed by atoms with Crippen LogP contribution in [0.15, 0.2) is 24.3 Å². The van der Waals surface area contributed by atoms with Crippen molar-refractivity contribution in [2.75, 3.05) is 43.3 Å². The van der Waals surface area contributed by atoms with Gasteiger partial charge in [0.1, 0.15) is 17.0 Å².